The maximum atomic E-state index is 6.08. The lowest BCUT2D eigenvalue weighted by Crippen LogP contribution is -2.12. The molecule has 1 aromatic carbocycles. The molecule has 0 saturated carbocycles. The predicted molar refractivity (Wildman–Crippen MR) is 60.2 cm³/mol. The molecule has 1 aliphatic heterocycles. The molecule has 2 nitrogen and oxygen atoms in total. The Hall–Kier alpha value is -0.730. The zero-order chi connectivity index (χ0) is 10.1. The third-order valence-electron chi connectivity index (χ3n) is 2.27. The van der Waals surface area contributed by atoms with Crippen LogP contribution in [0.2, 0.25) is 10.0 Å². The Balaban J connectivity index is 2.41. The molecule has 0 radical (unpaired) electrons. The van der Waals surface area contributed by atoms with Crippen LogP contribution in [0.15, 0.2) is 23.3 Å². The number of nitrogens with zero attached hydrogens (tertiary/aromatic N) is 1. The quantitative estimate of drug-likeness (QED) is 0.786. The number of hydrogen-bond donors (Lipinski definition) is 1. The molecule has 14 heavy (non-hydrogen) atoms. The van der Waals surface area contributed by atoms with Crippen molar-refractivity contribution >= 4 is 28.9 Å². The van der Waals surface area contributed by atoms with Gasteiger partial charge in [-0.2, -0.15) is 5.10 Å². The highest BCUT2D eigenvalue weighted by Crippen LogP contribution is 2.24. The lowest BCUT2D eigenvalue weighted by molar-refractivity contribution is 0.708. The molecule has 0 aromatic heterocycles. The van der Waals surface area contributed by atoms with Crippen LogP contribution >= 0.6 is 23.2 Å². The van der Waals surface area contributed by atoms with Crippen molar-refractivity contribution in [3.05, 3.63) is 33.8 Å². The average molecular weight is 229 g/mol. The summed E-state index contributed by atoms with van der Waals surface area (Å²) in [5.74, 6) is 0.397. The van der Waals surface area contributed by atoms with E-state index in [2.05, 4.69) is 17.5 Å². The molecule has 0 amide bonds. The summed E-state index contributed by atoms with van der Waals surface area (Å²) in [7, 11) is 0. The first-order chi connectivity index (χ1) is 6.68. The van der Waals surface area contributed by atoms with Crippen molar-refractivity contribution in [2.24, 2.45) is 11.0 Å². The number of halogens is 2. The van der Waals surface area contributed by atoms with E-state index in [4.69, 9.17) is 23.2 Å². The first kappa shape index (κ1) is 9.81. The summed E-state index contributed by atoms with van der Waals surface area (Å²) in [5.41, 5.74) is 4.93. The molecule has 0 spiro atoms. The third kappa shape index (κ3) is 1.72. The summed E-state index contributed by atoms with van der Waals surface area (Å²) in [5, 5.41) is 5.53. The molecule has 1 aromatic rings. The van der Waals surface area contributed by atoms with Crippen LogP contribution in [0.1, 0.15) is 12.5 Å². The summed E-state index contributed by atoms with van der Waals surface area (Å²) >= 11 is 11.9. The van der Waals surface area contributed by atoms with Gasteiger partial charge in [-0.3, -0.25) is 0 Å². The molecule has 1 atom stereocenters. The second-order valence-corrected chi connectivity index (χ2v) is 4.23. The normalized spacial score (nSPS) is 20.5. The van der Waals surface area contributed by atoms with Gasteiger partial charge < -0.3 is 5.43 Å². The average Bonchev–Trinajstić information content (AvgIpc) is 2.52. The Labute approximate surface area is 92.9 Å². The number of hydrogen-bond acceptors (Lipinski definition) is 2. The first-order valence-corrected chi connectivity index (χ1v) is 5.20. The largest absolute Gasteiger partial charge is 0.309 e. The standard InChI is InChI=1S/C10H10Cl2N2/c1-6-5-13-14-10(6)8-3-2-7(11)4-9(8)12/h2-4,6,13H,5H2,1H3. The van der Waals surface area contributed by atoms with Crippen LogP contribution in [0, 0.1) is 5.92 Å². The minimum atomic E-state index is 0.397. The summed E-state index contributed by atoms with van der Waals surface area (Å²) in [6.45, 7) is 2.98. The van der Waals surface area contributed by atoms with Crippen molar-refractivity contribution in [2.75, 3.05) is 6.54 Å². The predicted octanol–water partition coefficient (Wildman–Crippen LogP) is 2.94. The maximum Gasteiger partial charge on any atom is 0.0736 e. The minimum Gasteiger partial charge on any atom is -0.309 e. The fraction of sp³-hybridized carbons (Fsp3) is 0.300. The first-order valence-electron chi connectivity index (χ1n) is 4.44. The van der Waals surface area contributed by atoms with Crippen molar-refractivity contribution in [3.63, 3.8) is 0 Å². The number of benzene rings is 1. The Bertz CT molecular complexity index is 388. The maximum absolute atomic E-state index is 6.08. The smallest absolute Gasteiger partial charge is 0.0736 e. The van der Waals surface area contributed by atoms with Gasteiger partial charge in [0.25, 0.3) is 0 Å². The van der Waals surface area contributed by atoms with E-state index in [0.717, 1.165) is 17.8 Å². The molecular formula is C10H10Cl2N2. The van der Waals surface area contributed by atoms with E-state index in [0.29, 0.717) is 16.0 Å². The Morgan fingerprint density at radius 2 is 2.21 bits per heavy atom. The second kappa shape index (κ2) is 3.79. The summed E-state index contributed by atoms with van der Waals surface area (Å²) in [6, 6.07) is 5.48. The molecule has 1 N–H and O–H groups in total. The fourth-order valence-corrected chi connectivity index (χ4v) is 2.00. The van der Waals surface area contributed by atoms with Gasteiger partial charge in [0.15, 0.2) is 0 Å². The highest BCUT2D eigenvalue weighted by atomic mass is 35.5. The molecule has 4 heteroatoms. The Morgan fingerprint density at radius 3 is 2.79 bits per heavy atom. The highest BCUT2D eigenvalue weighted by molar-refractivity contribution is 6.37. The van der Waals surface area contributed by atoms with Crippen molar-refractivity contribution in [1.82, 2.24) is 5.43 Å². The molecule has 0 saturated heterocycles. The molecule has 0 fully saturated rings. The van der Waals surface area contributed by atoms with Crippen LogP contribution in [0.4, 0.5) is 0 Å². The molecule has 74 valence electrons. The fourth-order valence-electron chi connectivity index (χ4n) is 1.50. The third-order valence-corrected chi connectivity index (χ3v) is 2.82. The minimum absolute atomic E-state index is 0.397. The monoisotopic (exact) mass is 228 g/mol. The number of hydrazone groups is 1. The van der Waals surface area contributed by atoms with Crippen LogP contribution in [0.5, 0.6) is 0 Å². The van der Waals surface area contributed by atoms with E-state index in [1.54, 1.807) is 6.07 Å². The van der Waals surface area contributed by atoms with E-state index < -0.39 is 0 Å². The van der Waals surface area contributed by atoms with Crippen molar-refractivity contribution in [1.29, 1.82) is 0 Å². The molecule has 2 rings (SSSR count). The van der Waals surface area contributed by atoms with Gasteiger partial charge in [0, 0.05) is 23.0 Å². The summed E-state index contributed by atoms with van der Waals surface area (Å²) < 4.78 is 0. The molecule has 1 heterocycles. The molecule has 0 bridgehead atoms. The van der Waals surface area contributed by atoms with Crippen LogP contribution in [0.3, 0.4) is 0 Å². The van der Waals surface area contributed by atoms with E-state index in [1.165, 1.54) is 0 Å². The summed E-state index contributed by atoms with van der Waals surface area (Å²) in [4.78, 5) is 0. The molecule has 0 aliphatic carbocycles. The van der Waals surface area contributed by atoms with Gasteiger partial charge in [-0.15, -0.1) is 0 Å². The number of rotatable bonds is 1. The van der Waals surface area contributed by atoms with Gasteiger partial charge in [0.2, 0.25) is 0 Å². The Morgan fingerprint density at radius 1 is 1.43 bits per heavy atom. The molecular weight excluding hydrogens is 219 g/mol. The van der Waals surface area contributed by atoms with Gasteiger partial charge in [-0.25, -0.2) is 0 Å². The van der Waals surface area contributed by atoms with E-state index in [9.17, 15) is 0 Å². The summed E-state index contributed by atoms with van der Waals surface area (Å²) in [6.07, 6.45) is 0. The van der Waals surface area contributed by atoms with Gasteiger partial charge >= 0.3 is 0 Å². The van der Waals surface area contributed by atoms with Crippen molar-refractivity contribution < 1.29 is 0 Å². The Kier molecular flexibility index (Phi) is 2.66. The van der Waals surface area contributed by atoms with E-state index >= 15 is 0 Å². The van der Waals surface area contributed by atoms with E-state index in [1.807, 2.05) is 12.1 Å². The molecule has 1 unspecified atom stereocenters. The van der Waals surface area contributed by atoms with Crippen molar-refractivity contribution in [3.8, 4) is 0 Å². The van der Waals surface area contributed by atoms with Gasteiger partial charge in [-0.05, 0) is 12.1 Å². The lowest BCUT2D eigenvalue weighted by atomic mass is 10.00. The van der Waals surface area contributed by atoms with E-state index in [-0.39, 0.29) is 0 Å². The van der Waals surface area contributed by atoms with Gasteiger partial charge in [0.05, 0.1) is 10.7 Å². The van der Waals surface area contributed by atoms with Crippen LogP contribution in [-0.2, 0) is 0 Å². The van der Waals surface area contributed by atoms with Crippen LogP contribution in [0.25, 0.3) is 0 Å². The zero-order valence-electron chi connectivity index (χ0n) is 7.72. The molecule has 1 aliphatic rings. The lowest BCUT2D eigenvalue weighted by Gasteiger charge is -2.07. The zero-order valence-corrected chi connectivity index (χ0v) is 9.23. The SMILES string of the molecule is CC1CNN=C1c1ccc(Cl)cc1Cl. The van der Waals surface area contributed by atoms with Gasteiger partial charge in [-0.1, -0.05) is 36.2 Å². The second-order valence-electron chi connectivity index (χ2n) is 3.38. The number of nitrogens with one attached hydrogen (secondary N) is 1. The van der Waals surface area contributed by atoms with Crippen LogP contribution < -0.4 is 5.43 Å². The topological polar surface area (TPSA) is 24.4 Å². The van der Waals surface area contributed by atoms with Crippen LogP contribution in [-0.4, -0.2) is 12.3 Å². The highest BCUT2D eigenvalue weighted by Gasteiger charge is 2.20. The van der Waals surface area contributed by atoms with Crippen molar-refractivity contribution in [2.45, 2.75) is 6.92 Å². The van der Waals surface area contributed by atoms with Gasteiger partial charge in [0.1, 0.15) is 0 Å².